The van der Waals surface area contributed by atoms with Crippen LogP contribution in [0.3, 0.4) is 0 Å². The molecule has 0 aliphatic carbocycles. The van der Waals surface area contributed by atoms with Crippen LogP contribution in [0.15, 0.2) is 0 Å². The van der Waals surface area contributed by atoms with Gasteiger partial charge in [0, 0.05) is 0 Å². The molecule has 0 N–H and O–H groups in total. The predicted octanol–water partition coefficient (Wildman–Crippen LogP) is 1.11. The summed E-state index contributed by atoms with van der Waals surface area (Å²) in [7, 11) is 0. The Morgan fingerprint density at radius 3 is 2.20 bits per heavy atom. The molecule has 0 aromatic heterocycles. The summed E-state index contributed by atoms with van der Waals surface area (Å²) in [5.74, 6) is 0. The zero-order valence-corrected chi connectivity index (χ0v) is 6.99. The van der Waals surface area contributed by atoms with Crippen LogP contribution in [-0.4, -0.2) is 22.5 Å². The Labute approximate surface area is 47.0 Å². The van der Waals surface area contributed by atoms with Crippen molar-refractivity contribution in [3.05, 3.63) is 0 Å². The average molecular weight is 177 g/mol. The quantitative estimate of drug-likeness (QED) is 0.554. The summed E-state index contributed by atoms with van der Waals surface area (Å²) in [6.07, 6.45) is 2.82. The molecule has 30 valence electrons. The Bertz CT molecular complexity index is 11.1. The number of unbranched alkanes of at least 4 members (excludes halogenated alkanes) is 1. The van der Waals surface area contributed by atoms with Crippen molar-refractivity contribution < 1.29 is 0 Å². The van der Waals surface area contributed by atoms with Crippen molar-refractivity contribution in [2.75, 3.05) is 0 Å². The Kier molecular flexibility index (Phi) is 5.57. The minimum absolute atomic E-state index is 1.38. The molecule has 0 unspecified atom stereocenters. The SMILES string of the molecule is CCC[CH2][SnH]. The van der Waals surface area contributed by atoms with Crippen LogP contribution in [0.4, 0.5) is 0 Å². The van der Waals surface area contributed by atoms with Gasteiger partial charge in [-0.3, -0.25) is 0 Å². The van der Waals surface area contributed by atoms with E-state index in [0.29, 0.717) is 0 Å². The standard InChI is InChI=1S/C4H9.Sn.H/c1-3-4-2;;/h1,3-4H2,2H3;;. The van der Waals surface area contributed by atoms with Crippen LogP contribution in [0, 0.1) is 0 Å². The van der Waals surface area contributed by atoms with Crippen LogP contribution < -0.4 is 0 Å². The van der Waals surface area contributed by atoms with Gasteiger partial charge in [0.2, 0.25) is 0 Å². The number of hydrogen-bond acceptors (Lipinski definition) is 0. The summed E-state index contributed by atoms with van der Waals surface area (Å²) in [6.45, 7) is 2.23. The Balaban J connectivity index is 2.19. The summed E-state index contributed by atoms with van der Waals surface area (Å²) in [4.78, 5) is 0. The van der Waals surface area contributed by atoms with Crippen molar-refractivity contribution in [3.63, 3.8) is 0 Å². The van der Waals surface area contributed by atoms with Gasteiger partial charge in [-0.15, -0.1) is 0 Å². The molecule has 0 amide bonds. The van der Waals surface area contributed by atoms with E-state index in [1.807, 2.05) is 0 Å². The molecule has 0 rings (SSSR count). The molecule has 0 aromatic carbocycles. The van der Waals surface area contributed by atoms with E-state index in [1.54, 1.807) is 0 Å². The summed E-state index contributed by atoms with van der Waals surface area (Å²) < 4.78 is 1.47. The summed E-state index contributed by atoms with van der Waals surface area (Å²) in [6, 6.07) is 0. The van der Waals surface area contributed by atoms with E-state index in [2.05, 4.69) is 6.92 Å². The van der Waals surface area contributed by atoms with E-state index in [9.17, 15) is 0 Å². The third kappa shape index (κ3) is 4.80. The van der Waals surface area contributed by atoms with Crippen molar-refractivity contribution in [2.24, 2.45) is 0 Å². The molecule has 0 aliphatic heterocycles. The molecule has 0 saturated carbocycles. The van der Waals surface area contributed by atoms with Gasteiger partial charge in [0.25, 0.3) is 0 Å². The molecule has 0 aromatic rings. The molecule has 0 aliphatic rings. The van der Waals surface area contributed by atoms with E-state index < -0.39 is 0 Å². The fourth-order valence-corrected chi connectivity index (χ4v) is 1.37. The van der Waals surface area contributed by atoms with Gasteiger partial charge in [-0.05, 0) is 0 Å². The van der Waals surface area contributed by atoms with Gasteiger partial charge < -0.3 is 0 Å². The Hall–Kier alpha value is 0.799. The topological polar surface area (TPSA) is 0 Å². The molecular weight excluding hydrogens is 167 g/mol. The van der Waals surface area contributed by atoms with Crippen LogP contribution in [0.2, 0.25) is 4.44 Å². The number of rotatable bonds is 2. The normalized spacial score (nSPS) is 8.40. The van der Waals surface area contributed by atoms with Crippen molar-refractivity contribution in [2.45, 2.75) is 24.2 Å². The van der Waals surface area contributed by atoms with Crippen molar-refractivity contribution in [3.8, 4) is 0 Å². The first kappa shape index (κ1) is 5.80. The second-order valence-electron chi connectivity index (χ2n) is 1.14. The van der Waals surface area contributed by atoms with Crippen LogP contribution in [0.1, 0.15) is 19.8 Å². The maximum absolute atomic E-state index is 2.23. The zero-order valence-electron chi connectivity index (χ0n) is 3.70. The van der Waals surface area contributed by atoms with Gasteiger partial charge in [0.05, 0.1) is 0 Å². The monoisotopic (exact) mass is 178 g/mol. The van der Waals surface area contributed by atoms with Gasteiger partial charge in [0.1, 0.15) is 0 Å². The molecule has 0 bridgehead atoms. The minimum atomic E-state index is 1.38. The van der Waals surface area contributed by atoms with Crippen LogP contribution in [0.5, 0.6) is 0 Å². The first-order valence-corrected chi connectivity index (χ1v) is 4.45. The second kappa shape index (κ2) is 4.80. The average Bonchev–Trinajstić information content (AvgIpc) is 1.41. The molecule has 0 atom stereocenters. The molecule has 0 heterocycles. The van der Waals surface area contributed by atoms with E-state index >= 15 is 0 Å². The van der Waals surface area contributed by atoms with E-state index in [0.717, 1.165) is 0 Å². The van der Waals surface area contributed by atoms with Crippen molar-refractivity contribution in [1.82, 2.24) is 0 Å². The molecular formula is C4H10Sn. The van der Waals surface area contributed by atoms with Gasteiger partial charge in [-0.25, -0.2) is 0 Å². The molecule has 0 saturated heterocycles. The molecule has 2 radical (unpaired) electrons. The third-order valence-electron chi connectivity index (χ3n) is 0.558. The van der Waals surface area contributed by atoms with E-state index in [-0.39, 0.29) is 0 Å². The Morgan fingerprint density at radius 1 is 1.60 bits per heavy atom. The molecule has 0 spiro atoms. The molecule has 0 fully saturated rings. The van der Waals surface area contributed by atoms with E-state index in [4.69, 9.17) is 0 Å². The van der Waals surface area contributed by atoms with E-state index in [1.165, 1.54) is 39.8 Å². The fourth-order valence-electron chi connectivity index (χ4n) is 0.204. The molecule has 0 nitrogen and oxygen atoms in total. The van der Waals surface area contributed by atoms with Crippen molar-refractivity contribution in [1.29, 1.82) is 0 Å². The predicted molar refractivity (Wildman–Crippen MR) is 26.9 cm³/mol. The summed E-state index contributed by atoms with van der Waals surface area (Å²) >= 11 is 1.45. The molecule has 1 heteroatoms. The van der Waals surface area contributed by atoms with Gasteiger partial charge in [-0.1, -0.05) is 0 Å². The fraction of sp³-hybridized carbons (Fsp3) is 1.00. The zero-order chi connectivity index (χ0) is 4.12. The van der Waals surface area contributed by atoms with Crippen LogP contribution in [0.25, 0.3) is 0 Å². The van der Waals surface area contributed by atoms with Gasteiger partial charge in [-0.2, -0.15) is 0 Å². The summed E-state index contributed by atoms with van der Waals surface area (Å²) in [5.41, 5.74) is 0. The maximum atomic E-state index is 2.23. The first-order chi connectivity index (χ1) is 2.41. The van der Waals surface area contributed by atoms with Crippen LogP contribution in [-0.2, 0) is 0 Å². The molecule has 5 heavy (non-hydrogen) atoms. The Morgan fingerprint density at radius 2 is 2.20 bits per heavy atom. The second-order valence-corrected chi connectivity index (χ2v) is 2.79. The third-order valence-corrected chi connectivity index (χ3v) is 1.72. The number of hydrogen-bond donors (Lipinski definition) is 0. The summed E-state index contributed by atoms with van der Waals surface area (Å²) in [5, 5.41) is 0. The van der Waals surface area contributed by atoms with Gasteiger partial charge in [0.15, 0.2) is 0 Å². The van der Waals surface area contributed by atoms with Gasteiger partial charge >= 0.3 is 46.7 Å². The van der Waals surface area contributed by atoms with Crippen molar-refractivity contribution >= 4 is 22.5 Å². The first-order valence-electron chi connectivity index (χ1n) is 2.12. The van der Waals surface area contributed by atoms with Crippen LogP contribution >= 0.6 is 0 Å².